The van der Waals surface area contributed by atoms with Gasteiger partial charge in [-0.25, -0.2) is 0 Å². The van der Waals surface area contributed by atoms with E-state index in [-0.39, 0.29) is 12.4 Å². The second-order valence-corrected chi connectivity index (χ2v) is 3.69. The number of hydrogen-bond acceptors (Lipinski definition) is 4. The molecule has 2 N–H and O–H groups in total. The summed E-state index contributed by atoms with van der Waals surface area (Å²) < 4.78 is 9.56. The summed E-state index contributed by atoms with van der Waals surface area (Å²) in [5.41, 5.74) is 6.61. The number of rotatable bonds is 4. The second-order valence-electron chi connectivity index (χ2n) is 3.28. The minimum atomic E-state index is -0.421. The summed E-state index contributed by atoms with van der Waals surface area (Å²) in [6.07, 6.45) is 0.124. The van der Waals surface area contributed by atoms with Crippen LogP contribution in [0.1, 0.15) is 18.0 Å². The largest absolute Gasteiger partial charge is 0.495 e. The highest BCUT2D eigenvalue weighted by Crippen LogP contribution is 2.27. The molecule has 0 bridgehead atoms. The maximum Gasteiger partial charge on any atom is 0.307 e. The Labute approximate surface area is 99.3 Å². The highest BCUT2D eigenvalue weighted by atomic mass is 35.5. The fraction of sp³-hybridized carbons (Fsp3) is 0.364. The standard InChI is InChI=1S/C11H14ClNO3/c1-15-10-4-3-7(5-8(10)12)9(13)6-11(14)16-2/h3-5,9H,6,13H2,1-2H3. The first kappa shape index (κ1) is 12.8. The van der Waals surface area contributed by atoms with Crippen LogP contribution >= 0.6 is 11.6 Å². The van der Waals surface area contributed by atoms with E-state index in [9.17, 15) is 4.79 Å². The third kappa shape index (κ3) is 3.12. The lowest BCUT2D eigenvalue weighted by molar-refractivity contribution is -0.141. The molecule has 0 heterocycles. The van der Waals surface area contributed by atoms with Crippen LogP contribution in [0.3, 0.4) is 0 Å². The minimum absolute atomic E-state index is 0.124. The van der Waals surface area contributed by atoms with Gasteiger partial charge in [-0.1, -0.05) is 17.7 Å². The van der Waals surface area contributed by atoms with Gasteiger partial charge in [0.25, 0.3) is 0 Å². The van der Waals surface area contributed by atoms with E-state index in [2.05, 4.69) is 4.74 Å². The SMILES string of the molecule is COC(=O)CC(N)c1ccc(OC)c(Cl)c1. The van der Waals surface area contributed by atoms with Crippen molar-refractivity contribution in [1.29, 1.82) is 0 Å². The molecule has 1 unspecified atom stereocenters. The Morgan fingerprint density at radius 3 is 2.69 bits per heavy atom. The van der Waals surface area contributed by atoms with E-state index in [0.29, 0.717) is 10.8 Å². The Hall–Kier alpha value is -1.26. The van der Waals surface area contributed by atoms with E-state index < -0.39 is 6.04 Å². The summed E-state index contributed by atoms with van der Waals surface area (Å²) in [6, 6.07) is 4.76. The van der Waals surface area contributed by atoms with Gasteiger partial charge in [0.15, 0.2) is 0 Å². The highest BCUT2D eigenvalue weighted by Gasteiger charge is 2.13. The van der Waals surface area contributed by atoms with Crippen molar-refractivity contribution in [2.24, 2.45) is 5.73 Å². The molecule has 0 spiro atoms. The van der Waals surface area contributed by atoms with Gasteiger partial charge in [0.2, 0.25) is 0 Å². The Kier molecular flexibility index (Phi) is 4.58. The molecule has 0 aliphatic carbocycles. The number of halogens is 1. The van der Waals surface area contributed by atoms with E-state index in [0.717, 1.165) is 5.56 Å². The first-order valence-electron chi connectivity index (χ1n) is 4.74. The molecule has 1 rings (SSSR count). The van der Waals surface area contributed by atoms with Crippen molar-refractivity contribution in [3.63, 3.8) is 0 Å². The van der Waals surface area contributed by atoms with Gasteiger partial charge in [-0.2, -0.15) is 0 Å². The fourth-order valence-electron chi connectivity index (χ4n) is 1.29. The number of benzene rings is 1. The molecule has 88 valence electrons. The molecule has 0 aliphatic rings. The predicted molar refractivity (Wildman–Crippen MR) is 61.6 cm³/mol. The fourth-order valence-corrected chi connectivity index (χ4v) is 1.56. The zero-order chi connectivity index (χ0) is 12.1. The molecule has 4 nitrogen and oxygen atoms in total. The lowest BCUT2D eigenvalue weighted by Crippen LogP contribution is -2.16. The number of carbonyl (C=O) groups excluding carboxylic acids is 1. The van der Waals surface area contributed by atoms with Crippen molar-refractivity contribution < 1.29 is 14.3 Å². The summed E-state index contributed by atoms with van der Waals surface area (Å²) in [6.45, 7) is 0. The molecule has 0 aliphatic heterocycles. The van der Waals surface area contributed by atoms with Gasteiger partial charge in [-0.3, -0.25) is 4.79 Å². The number of methoxy groups -OCH3 is 2. The molecule has 16 heavy (non-hydrogen) atoms. The molecule has 1 aromatic rings. The normalized spacial score (nSPS) is 12.0. The van der Waals surface area contributed by atoms with Crippen LogP contribution in [0.15, 0.2) is 18.2 Å². The van der Waals surface area contributed by atoms with Crippen molar-refractivity contribution in [2.45, 2.75) is 12.5 Å². The smallest absolute Gasteiger partial charge is 0.307 e. The topological polar surface area (TPSA) is 61.5 Å². The number of hydrogen-bond donors (Lipinski definition) is 1. The van der Waals surface area contributed by atoms with E-state index in [4.69, 9.17) is 22.1 Å². The van der Waals surface area contributed by atoms with E-state index in [1.165, 1.54) is 14.2 Å². The number of ether oxygens (including phenoxy) is 2. The average Bonchev–Trinajstić information content (AvgIpc) is 2.28. The van der Waals surface area contributed by atoms with Gasteiger partial charge < -0.3 is 15.2 Å². The van der Waals surface area contributed by atoms with Crippen molar-refractivity contribution in [3.05, 3.63) is 28.8 Å². The Morgan fingerprint density at radius 2 is 2.19 bits per heavy atom. The van der Waals surface area contributed by atoms with Gasteiger partial charge in [0.1, 0.15) is 5.75 Å². The molecular formula is C11H14ClNO3. The van der Waals surface area contributed by atoms with Crippen molar-refractivity contribution >= 4 is 17.6 Å². The maximum absolute atomic E-state index is 11.0. The summed E-state index contributed by atoms with van der Waals surface area (Å²) >= 11 is 5.95. The number of esters is 1. The van der Waals surface area contributed by atoms with Crippen LogP contribution in [0, 0.1) is 0 Å². The van der Waals surface area contributed by atoms with Crippen LogP contribution < -0.4 is 10.5 Å². The average molecular weight is 244 g/mol. The Bertz CT molecular complexity index is 381. The van der Waals surface area contributed by atoms with Crippen molar-refractivity contribution in [3.8, 4) is 5.75 Å². The molecule has 0 amide bonds. The lowest BCUT2D eigenvalue weighted by atomic mass is 10.0. The Morgan fingerprint density at radius 1 is 1.50 bits per heavy atom. The van der Waals surface area contributed by atoms with E-state index >= 15 is 0 Å². The van der Waals surface area contributed by atoms with Gasteiger partial charge in [-0.15, -0.1) is 0 Å². The summed E-state index contributed by atoms with van der Waals surface area (Å²) in [7, 11) is 2.87. The van der Waals surface area contributed by atoms with Crippen molar-refractivity contribution in [1.82, 2.24) is 0 Å². The first-order chi connectivity index (χ1) is 7.58. The monoisotopic (exact) mass is 243 g/mol. The Balaban J connectivity index is 2.80. The zero-order valence-electron chi connectivity index (χ0n) is 9.20. The quantitative estimate of drug-likeness (QED) is 0.821. The van der Waals surface area contributed by atoms with Crippen molar-refractivity contribution in [2.75, 3.05) is 14.2 Å². The van der Waals surface area contributed by atoms with E-state index in [1.54, 1.807) is 18.2 Å². The second kappa shape index (κ2) is 5.72. The van der Waals surface area contributed by atoms with Crippen LogP contribution in [0.25, 0.3) is 0 Å². The molecular weight excluding hydrogens is 230 g/mol. The van der Waals surface area contributed by atoms with Crippen LogP contribution in [0.4, 0.5) is 0 Å². The first-order valence-corrected chi connectivity index (χ1v) is 5.12. The van der Waals surface area contributed by atoms with Gasteiger partial charge in [0, 0.05) is 6.04 Å². The zero-order valence-corrected chi connectivity index (χ0v) is 9.95. The van der Waals surface area contributed by atoms with Gasteiger partial charge in [0.05, 0.1) is 25.7 Å². The van der Waals surface area contributed by atoms with Crippen LogP contribution in [0.5, 0.6) is 5.75 Å². The molecule has 0 radical (unpaired) electrons. The van der Waals surface area contributed by atoms with Crippen LogP contribution in [-0.2, 0) is 9.53 Å². The van der Waals surface area contributed by atoms with Gasteiger partial charge >= 0.3 is 5.97 Å². The van der Waals surface area contributed by atoms with Crippen LogP contribution in [0.2, 0.25) is 5.02 Å². The lowest BCUT2D eigenvalue weighted by Gasteiger charge is -2.12. The maximum atomic E-state index is 11.0. The number of nitrogens with two attached hydrogens (primary N) is 1. The summed E-state index contributed by atoms with van der Waals surface area (Å²) in [4.78, 5) is 11.0. The molecule has 0 aromatic heterocycles. The third-order valence-electron chi connectivity index (χ3n) is 2.22. The minimum Gasteiger partial charge on any atom is -0.495 e. The highest BCUT2D eigenvalue weighted by molar-refractivity contribution is 6.32. The third-order valence-corrected chi connectivity index (χ3v) is 2.51. The summed E-state index contributed by atoms with van der Waals surface area (Å²) in [5, 5.41) is 0.473. The molecule has 5 heteroatoms. The summed E-state index contributed by atoms with van der Waals surface area (Å²) in [5.74, 6) is 0.232. The number of carbonyl (C=O) groups is 1. The predicted octanol–water partition coefficient (Wildman–Crippen LogP) is 1.91. The molecule has 0 saturated heterocycles. The molecule has 1 aromatic carbocycles. The molecule has 0 fully saturated rings. The molecule has 1 atom stereocenters. The van der Waals surface area contributed by atoms with Crippen LogP contribution in [-0.4, -0.2) is 20.2 Å². The van der Waals surface area contributed by atoms with E-state index in [1.807, 2.05) is 0 Å². The molecule has 0 saturated carbocycles. The van der Waals surface area contributed by atoms with Gasteiger partial charge in [-0.05, 0) is 17.7 Å².